The van der Waals surface area contributed by atoms with Gasteiger partial charge in [0.15, 0.2) is 5.58 Å². The predicted molar refractivity (Wildman–Crippen MR) is 292 cm³/mol. The molecule has 2 saturated heterocycles. The van der Waals surface area contributed by atoms with Gasteiger partial charge in [0, 0.05) is 75.3 Å². The van der Waals surface area contributed by atoms with Crippen molar-refractivity contribution in [2.75, 3.05) is 81.1 Å². The summed E-state index contributed by atoms with van der Waals surface area (Å²) in [5, 5.41) is 17.9. The highest BCUT2D eigenvalue weighted by molar-refractivity contribution is 7.88. The molecule has 0 unspecified atom stereocenters. The second-order valence-corrected chi connectivity index (χ2v) is 25.4. The molecule has 5 heterocycles. The lowest BCUT2D eigenvalue weighted by molar-refractivity contribution is 0.242. The first kappa shape index (κ1) is 56.0. The number of fused-ring (bicyclic) bond motifs is 1. The summed E-state index contributed by atoms with van der Waals surface area (Å²) in [5.41, 5.74) is 7.29. The molecular weight excluding hydrogens is 1110 g/mol. The molecule has 80 heavy (non-hydrogen) atoms. The van der Waals surface area contributed by atoms with Crippen LogP contribution in [0.1, 0.15) is 50.7 Å². The van der Waals surface area contributed by atoms with E-state index >= 15 is 0 Å². The van der Waals surface area contributed by atoms with E-state index in [-0.39, 0.29) is 101 Å². The number of phenols is 1. The van der Waals surface area contributed by atoms with E-state index in [1.165, 1.54) is 39.2 Å². The molecular formula is C53H56F4N10O10S3. The first-order chi connectivity index (χ1) is 37.9. The molecule has 11 rings (SSSR count). The molecule has 0 radical (unpaired) electrons. The average Bonchev–Trinajstić information content (AvgIpc) is 4.32. The lowest BCUT2D eigenvalue weighted by Crippen LogP contribution is -2.49. The number of anilines is 3. The molecule has 2 aliphatic heterocycles. The van der Waals surface area contributed by atoms with Crippen LogP contribution < -0.4 is 36.1 Å². The van der Waals surface area contributed by atoms with Crippen LogP contribution in [0.15, 0.2) is 99.2 Å². The quantitative estimate of drug-likeness (QED) is 0.0391. The molecule has 424 valence electrons. The molecule has 4 aromatic carbocycles. The van der Waals surface area contributed by atoms with Crippen molar-refractivity contribution in [1.29, 1.82) is 0 Å². The van der Waals surface area contributed by atoms with Crippen LogP contribution in [0.25, 0.3) is 22.5 Å². The standard InChI is InChI=1S/C27H27F2N5O5S2.C26H29F2N5O5S/c1-27(4-5-27)16-38-24-22(14-30-34(25(24)35)20-12-18(28)11-19(29)13-20)32-6-8-33(9-7-32)41(36,37)15-17-2-3-23-21(10-17)31-26(40)39-23;1-26(4-5-26)16-38-24-22(14-30-33(25(24)35)20-12-18(27)11-19(28)13-20)31-6-8-32(9-7-31)39(36,37)15-17-2-3-23(34)21(29)10-17/h2-3,10-14H,4-9,15-16H2,1H3,(H,31,40);2-3,10-14,34H,4-9,15-16,29H2,1H3. The van der Waals surface area contributed by atoms with Gasteiger partial charge in [0.2, 0.25) is 31.5 Å². The van der Waals surface area contributed by atoms with Crippen LogP contribution in [0.5, 0.6) is 17.2 Å². The monoisotopic (exact) mass is 1160 g/mol. The Morgan fingerprint density at radius 2 is 1.05 bits per heavy atom. The number of nitrogen functional groups attached to an aromatic ring is 1. The van der Waals surface area contributed by atoms with Gasteiger partial charge in [0.25, 0.3) is 4.84 Å². The highest BCUT2D eigenvalue weighted by atomic mass is 32.2. The van der Waals surface area contributed by atoms with Crippen molar-refractivity contribution in [3.05, 3.63) is 145 Å². The third-order valence-corrected chi connectivity index (χ3v) is 18.5. The number of ether oxygens (including phenoxy) is 2. The van der Waals surface area contributed by atoms with Crippen molar-refractivity contribution in [2.45, 2.75) is 51.0 Å². The molecule has 4 aliphatic rings. The molecule has 0 amide bonds. The summed E-state index contributed by atoms with van der Waals surface area (Å²) in [6, 6.07) is 14.8. The van der Waals surface area contributed by atoms with Crippen molar-refractivity contribution in [3.63, 3.8) is 0 Å². The van der Waals surface area contributed by atoms with Crippen molar-refractivity contribution >= 4 is 60.4 Å². The summed E-state index contributed by atoms with van der Waals surface area (Å²) in [5.74, 6) is -3.93. The number of piperazine rings is 2. The number of hydrogen-bond acceptors (Lipinski definition) is 16. The van der Waals surface area contributed by atoms with Crippen molar-refractivity contribution in [1.82, 2.24) is 33.2 Å². The number of nitrogens with two attached hydrogens (primary N) is 1. The summed E-state index contributed by atoms with van der Waals surface area (Å²) >= 11 is 5.00. The molecule has 4 fully saturated rings. The smallest absolute Gasteiger partial charge is 0.316 e. The SMILES string of the molecule is CC1(COc2c(N3CCN(S(=O)(=O)Cc4ccc(O)c(N)c4)CC3)cnn(-c3cc(F)cc(F)c3)c2=O)CC1.CC1(COc2c(N3CCN(S(=O)(=O)Cc4ccc5oc(=S)[nH]c5c4)CC3)cnn(-c3cc(F)cc(F)c3)c2=O)CC1. The van der Waals surface area contributed by atoms with Crippen molar-refractivity contribution in [3.8, 4) is 28.6 Å². The number of sulfonamides is 2. The predicted octanol–water partition coefficient (Wildman–Crippen LogP) is 6.77. The van der Waals surface area contributed by atoms with E-state index in [1.54, 1.807) is 18.2 Å². The van der Waals surface area contributed by atoms with E-state index in [9.17, 15) is 49.1 Å². The maximum atomic E-state index is 13.9. The van der Waals surface area contributed by atoms with Gasteiger partial charge in [-0.05, 0) is 97.6 Å². The number of aromatic hydroxyl groups is 1. The Labute approximate surface area is 461 Å². The van der Waals surface area contributed by atoms with Gasteiger partial charge < -0.3 is 39.5 Å². The van der Waals surface area contributed by atoms with Crippen LogP contribution in [0.2, 0.25) is 0 Å². The molecule has 2 aliphatic carbocycles. The Kier molecular flexibility index (Phi) is 15.4. The number of nitrogens with zero attached hydrogens (tertiary/aromatic N) is 8. The fraction of sp³-hybridized carbons (Fsp3) is 0.377. The van der Waals surface area contributed by atoms with E-state index in [4.69, 9.17) is 31.8 Å². The van der Waals surface area contributed by atoms with E-state index < -0.39 is 54.4 Å². The second-order valence-electron chi connectivity index (χ2n) is 21.1. The summed E-state index contributed by atoms with van der Waals surface area (Å²) in [4.78, 5) is 33.7. The van der Waals surface area contributed by atoms with Crippen LogP contribution in [0.3, 0.4) is 0 Å². The number of halogens is 4. The third-order valence-electron chi connectivity index (χ3n) is 14.6. The molecule has 0 spiro atoms. The maximum absolute atomic E-state index is 13.9. The van der Waals surface area contributed by atoms with Crippen molar-refractivity contribution < 1.29 is 53.4 Å². The molecule has 20 nitrogen and oxygen atoms in total. The zero-order valence-electron chi connectivity index (χ0n) is 43.4. The fourth-order valence-electron chi connectivity index (χ4n) is 9.28. The largest absolute Gasteiger partial charge is 0.506 e. The topological polar surface area (TPSA) is 245 Å². The van der Waals surface area contributed by atoms with Gasteiger partial charge in [-0.2, -0.15) is 28.2 Å². The number of benzene rings is 4. The summed E-state index contributed by atoms with van der Waals surface area (Å²) < 4.78 is 130. The van der Waals surface area contributed by atoms with Gasteiger partial charge >= 0.3 is 11.1 Å². The summed E-state index contributed by atoms with van der Waals surface area (Å²) in [6.45, 7) is 6.50. The minimum absolute atomic E-state index is 0.00123. The molecule has 0 atom stereocenters. The Balaban J connectivity index is 0.000000180. The van der Waals surface area contributed by atoms with Gasteiger partial charge in [-0.3, -0.25) is 9.59 Å². The van der Waals surface area contributed by atoms with Gasteiger partial charge in [0.1, 0.15) is 40.4 Å². The Morgan fingerprint density at radius 1 is 0.637 bits per heavy atom. The molecule has 3 aromatic heterocycles. The Morgan fingerprint density at radius 3 is 1.46 bits per heavy atom. The van der Waals surface area contributed by atoms with E-state index in [0.717, 1.165) is 59.3 Å². The maximum Gasteiger partial charge on any atom is 0.316 e. The van der Waals surface area contributed by atoms with Gasteiger partial charge in [-0.1, -0.05) is 26.0 Å². The van der Waals surface area contributed by atoms with E-state index in [1.807, 2.05) is 16.7 Å². The van der Waals surface area contributed by atoms with Gasteiger partial charge in [0.05, 0.1) is 59.7 Å². The number of H-pyrrole nitrogens is 1. The lowest BCUT2D eigenvalue weighted by atomic mass is 10.2. The fourth-order valence-corrected chi connectivity index (χ4v) is 12.5. The van der Waals surface area contributed by atoms with Crippen LogP contribution in [0.4, 0.5) is 34.6 Å². The lowest BCUT2D eigenvalue weighted by Gasteiger charge is -2.35. The number of nitrogens with one attached hydrogen (secondary N) is 1. The molecule has 7 aromatic rings. The van der Waals surface area contributed by atoms with Crippen molar-refractivity contribution in [2.24, 2.45) is 10.8 Å². The van der Waals surface area contributed by atoms with E-state index in [0.29, 0.717) is 72.0 Å². The van der Waals surface area contributed by atoms with Gasteiger partial charge in [-0.25, -0.2) is 34.4 Å². The second kappa shape index (κ2) is 22.0. The summed E-state index contributed by atoms with van der Waals surface area (Å²) in [6.07, 6.45) is 6.67. The van der Waals surface area contributed by atoms with E-state index in [2.05, 4.69) is 22.1 Å². The zero-order valence-corrected chi connectivity index (χ0v) is 45.9. The number of aromatic amines is 1. The number of oxazole rings is 1. The highest BCUT2D eigenvalue weighted by Gasteiger charge is 2.40. The number of aromatic nitrogens is 5. The Bertz CT molecular complexity index is 3890. The minimum atomic E-state index is -3.68. The van der Waals surface area contributed by atoms with Crippen LogP contribution >= 0.6 is 12.2 Å². The van der Waals surface area contributed by atoms with Crippen LogP contribution in [-0.4, -0.2) is 121 Å². The average molecular weight is 1170 g/mol. The van der Waals surface area contributed by atoms with Crippen LogP contribution in [0, 0.1) is 38.9 Å². The molecule has 4 N–H and O–H groups in total. The number of hydrogen-bond donors (Lipinski definition) is 3. The minimum Gasteiger partial charge on any atom is -0.506 e. The van der Waals surface area contributed by atoms with Crippen LogP contribution in [-0.2, 0) is 31.6 Å². The molecule has 2 saturated carbocycles. The number of rotatable bonds is 16. The first-order valence-electron chi connectivity index (χ1n) is 25.5. The normalized spacial score (nSPS) is 17.2. The highest BCUT2D eigenvalue weighted by Crippen LogP contribution is 2.46. The Hall–Kier alpha value is -7.33. The molecule has 0 bridgehead atoms. The third kappa shape index (κ3) is 12.7. The first-order valence-corrected chi connectivity index (χ1v) is 29.1. The summed E-state index contributed by atoms with van der Waals surface area (Å²) in [7, 11) is -7.32. The molecule has 27 heteroatoms. The zero-order chi connectivity index (χ0) is 56.9. The number of phenolic OH excluding ortho intramolecular Hbond substituents is 1. The van der Waals surface area contributed by atoms with Gasteiger partial charge in [-0.15, -0.1) is 0 Å².